The van der Waals surface area contributed by atoms with Crippen molar-refractivity contribution in [3.63, 3.8) is 0 Å². The molecule has 66 valence electrons. The molecule has 3 heteroatoms. The number of nitroso groups, excluding NO2 is 1. The number of hydrogen-bond donors (Lipinski definition) is 0. The van der Waals surface area contributed by atoms with Crippen LogP contribution in [0.1, 0.15) is 13.3 Å². The molecular formula is C8H13NOW-4. The van der Waals surface area contributed by atoms with Gasteiger partial charge in [-0.05, 0) is 0 Å². The van der Waals surface area contributed by atoms with E-state index in [1.807, 2.05) is 0 Å². The van der Waals surface area contributed by atoms with E-state index in [4.69, 9.17) is 10.5 Å². The van der Waals surface area contributed by atoms with E-state index in [0.717, 1.165) is 6.42 Å². The maximum atomic E-state index is 7.25. The first-order valence-electron chi connectivity index (χ1n) is 2.32. The van der Waals surface area contributed by atoms with Gasteiger partial charge < -0.3 is 25.4 Å². The molecule has 0 aromatic carbocycles. The van der Waals surface area contributed by atoms with Crippen LogP contribution in [0.4, 0.5) is 0 Å². The van der Waals surface area contributed by atoms with Crippen molar-refractivity contribution in [2.24, 2.45) is 0 Å². The Labute approximate surface area is 83.8 Å². The Morgan fingerprint density at radius 1 is 1.45 bits per heavy atom. The van der Waals surface area contributed by atoms with E-state index in [0.29, 0.717) is 0 Å². The smallest absolute Gasteiger partial charge is 0 e. The molecule has 0 radical (unpaired) electrons. The Hall–Kier alpha value is -0.232. The van der Waals surface area contributed by atoms with Gasteiger partial charge in [0.05, 0.1) is 0 Å². The first-order chi connectivity index (χ1) is 3.89. The van der Waals surface area contributed by atoms with E-state index in [2.05, 4.69) is 25.2 Å². The third kappa shape index (κ3) is 12.9. The minimum Gasteiger partial charge on any atom is -0.577 e. The average Bonchev–Trinajstić information content (AvgIpc) is 2.24. The molecule has 0 fully saturated rings. The van der Waals surface area contributed by atoms with Crippen molar-refractivity contribution >= 4 is 0 Å². The molecule has 0 saturated heterocycles. The second-order valence-electron chi connectivity index (χ2n) is 1.47. The summed E-state index contributed by atoms with van der Waals surface area (Å²) >= 11 is 0. The maximum Gasteiger partial charge on any atom is 0 e. The SMILES string of the molecule is CC1=[C-]CC=C1.[CH3-].[CH3-].[N-]=O.[W]. The van der Waals surface area contributed by atoms with E-state index in [-0.39, 0.29) is 35.9 Å². The van der Waals surface area contributed by atoms with Crippen molar-refractivity contribution in [2.75, 3.05) is 0 Å². The molecule has 0 amide bonds. The van der Waals surface area contributed by atoms with Crippen LogP contribution in [0.2, 0.25) is 0 Å². The molecule has 1 rings (SSSR count). The fourth-order valence-corrected chi connectivity index (χ4v) is 0.515. The monoisotopic (exact) mass is 323 g/mol. The van der Waals surface area contributed by atoms with Crippen LogP contribution in [0.3, 0.4) is 0 Å². The van der Waals surface area contributed by atoms with Crippen molar-refractivity contribution in [2.45, 2.75) is 13.3 Å². The number of hydrogen-bond acceptors (Lipinski definition) is 1. The fourth-order valence-electron chi connectivity index (χ4n) is 0.515. The van der Waals surface area contributed by atoms with Gasteiger partial charge in [-0.25, -0.2) is 11.6 Å². The summed E-state index contributed by atoms with van der Waals surface area (Å²) in [5.74, 6) is 0. The van der Waals surface area contributed by atoms with E-state index in [1.54, 1.807) is 0 Å². The molecule has 2 nitrogen and oxygen atoms in total. The zero-order chi connectivity index (χ0) is 6.41. The zero-order valence-corrected chi connectivity index (χ0v) is 10.1. The summed E-state index contributed by atoms with van der Waals surface area (Å²) in [6, 6.07) is 0. The minimum absolute atomic E-state index is 0. The van der Waals surface area contributed by atoms with Gasteiger partial charge in [0.15, 0.2) is 0 Å². The Kier molecular flexibility index (Phi) is 33.4. The summed E-state index contributed by atoms with van der Waals surface area (Å²) in [6.07, 6.45) is 8.33. The Morgan fingerprint density at radius 2 is 1.91 bits per heavy atom. The Balaban J connectivity index is -0.0000000459. The molecule has 0 aromatic heterocycles. The van der Waals surface area contributed by atoms with Gasteiger partial charge in [-0.1, -0.05) is 6.92 Å². The van der Waals surface area contributed by atoms with Gasteiger partial charge in [-0.3, -0.25) is 6.08 Å². The van der Waals surface area contributed by atoms with E-state index >= 15 is 0 Å². The van der Waals surface area contributed by atoms with Crippen LogP contribution in [-0.2, 0) is 21.1 Å². The summed E-state index contributed by atoms with van der Waals surface area (Å²) in [7, 11) is 0. The summed E-state index contributed by atoms with van der Waals surface area (Å²) in [4.78, 5) is 7.25. The molecule has 0 N–H and O–H groups in total. The van der Waals surface area contributed by atoms with E-state index in [9.17, 15) is 0 Å². The van der Waals surface area contributed by atoms with Crippen molar-refractivity contribution in [1.82, 2.24) is 0 Å². The van der Waals surface area contributed by atoms with Gasteiger partial charge in [0.25, 0.3) is 0 Å². The molecule has 1 aliphatic carbocycles. The predicted molar refractivity (Wildman–Crippen MR) is 45.7 cm³/mol. The third-order valence-corrected chi connectivity index (χ3v) is 0.867. The quantitative estimate of drug-likeness (QED) is 0.632. The van der Waals surface area contributed by atoms with Crippen molar-refractivity contribution in [1.29, 1.82) is 0 Å². The number of allylic oxidation sites excluding steroid dienone is 4. The van der Waals surface area contributed by atoms with Crippen LogP contribution in [-0.4, -0.2) is 0 Å². The Bertz CT molecular complexity index is 119. The van der Waals surface area contributed by atoms with Crippen LogP contribution in [0.5, 0.6) is 0 Å². The van der Waals surface area contributed by atoms with E-state index in [1.165, 1.54) is 5.57 Å². The molecule has 0 saturated carbocycles. The molecule has 0 unspecified atom stereocenters. The standard InChI is InChI=1S/C6H7.2CH3.NO.W/c1-6-4-2-3-5-6;;;1-2;/h2,4H,3H2,1H3;2*1H3;;/q4*-1;. The first kappa shape index (κ1) is 22.4. The molecule has 1 aliphatic rings. The second kappa shape index (κ2) is 16.4. The molecule has 11 heavy (non-hydrogen) atoms. The van der Waals surface area contributed by atoms with Gasteiger partial charge in [0.1, 0.15) is 0 Å². The maximum absolute atomic E-state index is 7.25. The topological polar surface area (TPSA) is 39.4 Å². The van der Waals surface area contributed by atoms with Gasteiger partial charge in [-0.15, -0.1) is 6.42 Å². The molecule has 0 spiro atoms. The summed E-state index contributed by atoms with van der Waals surface area (Å²) in [5.41, 5.74) is 7.02. The van der Waals surface area contributed by atoms with Crippen molar-refractivity contribution < 1.29 is 21.1 Å². The normalized spacial score (nSPS) is 10.5. The van der Waals surface area contributed by atoms with Crippen molar-refractivity contribution in [3.8, 4) is 0 Å². The summed E-state index contributed by atoms with van der Waals surface area (Å²) < 4.78 is 0. The minimum atomic E-state index is 0. The average molecular weight is 323 g/mol. The molecular weight excluding hydrogens is 310 g/mol. The largest absolute Gasteiger partial charge is 0.577 e. The summed E-state index contributed by atoms with van der Waals surface area (Å²) in [5, 5.41) is 0. The van der Waals surface area contributed by atoms with Crippen LogP contribution in [0.25, 0.3) is 5.59 Å². The summed E-state index contributed by atoms with van der Waals surface area (Å²) in [6.45, 7) is 2.06. The molecule has 0 heterocycles. The second-order valence-corrected chi connectivity index (χ2v) is 1.47. The number of rotatable bonds is 0. The third-order valence-electron chi connectivity index (χ3n) is 0.867. The molecule has 0 bridgehead atoms. The predicted octanol–water partition coefficient (Wildman–Crippen LogP) is 2.92. The first-order valence-corrected chi connectivity index (χ1v) is 2.32. The van der Waals surface area contributed by atoms with Crippen LogP contribution < -0.4 is 0 Å². The van der Waals surface area contributed by atoms with Gasteiger partial charge in [-0.2, -0.15) is 6.08 Å². The van der Waals surface area contributed by atoms with Gasteiger partial charge in [0.2, 0.25) is 0 Å². The van der Waals surface area contributed by atoms with E-state index < -0.39 is 0 Å². The molecule has 0 atom stereocenters. The van der Waals surface area contributed by atoms with Gasteiger partial charge >= 0.3 is 0 Å². The van der Waals surface area contributed by atoms with Gasteiger partial charge in [0, 0.05) is 21.1 Å². The fraction of sp³-hybridized carbons (Fsp3) is 0.250. The van der Waals surface area contributed by atoms with Crippen LogP contribution >= 0.6 is 0 Å². The van der Waals surface area contributed by atoms with Crippen molar-refractivity contribution in [3.05, 3.63) is 49.2 Å². The Morgan fingerprint density at radius 3 is 2.00 bits per heavy atom. The van der Waals surface area contributed by atoms with Crippen LogP contribution in [0, 0.1) is 25.8 Å². The zero-order valence-electron chi connectivity index (χ0n) is 7.13. The molecule has 0 aliphatic heterocycles. The van der Waals surface area contributed by atoms with Crippen LogP contribution in [0.15, 0.2) is 17.7 Å². The number of nitrogens with zero attached hydrogens (tertiary/aromatic N) is 1. The molecule has 0 aromatic rings.